The first-order valence-corrected chi connectivity index (χ1v) is 10.00. The van der Waals surface area contributed by atoms with E-state index in [1.54, 1.807) is 36.8 Å². The number of carbonyl (C=O) groups excluding carboxylic acids is 2. The third-order valence-corrected chi connectivity index (χ3v) is 5.04. The number of hydrogen-bond donors (Lipinski definition) is 2. The fraction of sp³-hybridized carbons (Fsp3) is 0.476. The van der Waals surface area contributed by atoms with Crippen LogP contribution in [0.5, 0.6) is 5.75 Å². The van der Waals surface area contributed by atoms with Crippen molar-refractivity contribution in [2.75, 3.05) is 32.6 Å². The summed E-state index contributed by atoms with van der Waals surface area (Å²) < 4.78 is 7.67. The van der Waals surface area contributed by atoms with Crippen LogP contribution in [0.15, 0.2) is 43.0 Å². The minimum absolute atomic E-state index is 0.0691. The molecule has 2 amide bonds. The molecule has 2 atom stereocenters. The highest BCUT2D eigenvalue weighted by molar-refractivity contribution is 6.39. The Morgan fingerprint density at radius 1 is 1.21 bits per heavy atom. The van der Waals surface area contributed by atoms with Crippen LogP contribution in [-0.2, 0) is 9.59 Å². The van der Waals surface area contributed by atoms with Crippen LogP contribution < -0.4 is 15.4 Å². The topological polar surface area (TPSA) is 88.5 Å². The largest absolute Gasteiger partial charge is 0.494 e. The van der Waals surface area contributed by atoms with E-state index in [9.17, 15) is 9.59 Å². The highest BCUT2D eigenvalue weighted by atomic mass is 16.5. The lowest BCUT2D eigenvalue weighted by molar-refractivity contribution is -0.136. The molecule has 8 nitrogen and oxygen atoms in total. The molecular weight excluding hydrogens is 370 g/mol. The van der Waals surface area contributed by atoms with E-state index in [-0.39, 0.29) is 12.1 Å². The highest BCUT2D eigenvalue weighted by Gasteiger charge is 2.31. The maximum absolute atomic E-state index is 12.3. The van der Waals surface area contributed by atoms with Gasteiger partial charge in [-0.15, -0.1) is 0 Å². The Morgan fingerprint density at radius 3 is 2.69 bits per heavy atom. The number of benzene rings is 1. The maximum Gasteiger partial charge on any atom is 0.313 e. The van der Waals surface area contributed by atoms with Crippen molar-refractivity contribution in [3.8, 4) is 5.75 Å². The van der Waals surface area contributed by atoms with E-state index in [0.717, 1.165) is 38.0 Å². The maximum atomic E-state index is 12.3. The molecule has 3 rings (SSSR count). The van der Waals surface area contributed by atoms with Gasteiger partial charge in [0.05, 0.1) is 25.0 Å². The molecule has 156 valence electrons. The summed E-state index contributed by atoms with van der Waals surface area (Å²) in [5.74, 6) is -0.549. The molecule has 8 heteroatoms. The molecule has 0 radical (unpaired) electrons. The van der Waals surface area contributed by atoms with Crippen molar-refractivity contribution in [2.45, 2.75) is 37.8 Å². The molecule has 0 unspecified atom stereocenters. The van der Waals surface area contributed by atoms with Crippen molar-refractivity contribution in [3.63, 3.8) is 0 Å². The van der Waals surface area contributed by atoms with E-state index < -0.39 is 11.8 Å². The molecule has 2 aromatic rings. The Morgan fingerprint density at radius 2 is 2.00 bits per heavy atom. The number of nitrogens with one attached hydrogen (secondary N) is 2. The average Bonchev–Trinajstić information content (AvgIpc) is 3.37. The number of hydrogen-bond acceptors (Lipinski definition) is 5. The number of aromatic nitrogens is 2. The van der Waals surface area contributed by atoms with Gasteiger partial charge in [0.2, 0.25) is 0 Å². The quantitative estimate of drug-likeness (QED) is 0.524. The lowest BCUT2D eigenvalue weighted by Gasteiger charge is -2.21. The molecular formula is C21H29N5O3. The summed E-state index contributed by atoms with van der Waals surface area (Å²) in [7, 11) is 4.05. The molecule has 1 aromatic carbocycles. The van der Waals surface area contributed by atoms with Crippen LogP contribution in [0, 0.1) is 0 Å². The second-order valence-corrected chi connectivity index (χ2v) is 7.57. The molecule has 1 aromatic heterocycles. The Hall–Kier alpha value is -2.87. The lowest BCUT2D eigenvalue weighted by Crippen LogP contribution is -2.43. The molecule has 1 aliphatic carbocycles. The van der Waals surface area contributed by atoms with Crippen LogP contribution in [-0.4, -0.2) is 59.6 Å². The summed E-state index contributed by atoms with van der Waals surface area (Å²) in [5, 5.41) is 5.51. The molecule has 1 fully saturated rings. The van der Waals surface area contributed by atoms with Gasteiger partial charge in [-0.2, -0.15) is 0 Å². The van der Waals surface area contributed by atoms with Gasteiger partial charge in [-0.05, 0) is 64.0 Å². The Labute approximate surface area is 171 Å². The second-order valence-electron chi connectivity index (χ2n) is 7.57. The Bertz CT molecular complexity index is 789. The number of imidazole rings is 1. The lowest BCUT2D eigenvalue weighted by atomic mass is 10.1. The first-order chi connectivity index (χ1) is 14.0. The van der Waals surface area contributed by atoms with Gasteiger partial charge in [0.25, 0.3) is 0 Å². The van der Waals surface area contributed by atoms with Crippen LogP contribution in [0.3, 0.4) is 0 Å². The van der Waals surface area contributed by atoms with Gasteiger partial charge in [-0.1, -0.05) is 0 Å². The zero-order valence-corrected chi connectivity index (χ0v) is 17.0. The molecule has 1 heterocycles. The van der Waals surface area contributed by atoms with Crippen molar-refractivity contribution >= 4 is 17.5 Å². The van der Waals surface area contributed by atoms with Gasteiger partial charge < -0.3 is 24.8 Å². The van der Waals surface area contributed by atoms with Crippen LogP contribution in [0.2, 0.25) is 0 Å². The number of nitrogens with zero attached hydrogens (tertiary/aromatic N) is 3. The zero-order valence-electron chi connectivity index (χ0n) is 17.0. The SMILES string of the molecule is CN(C)CCCOc1ccc(NC(=O)C(=O)N[C@@H]2CCC[C@@H]2n2ccnc2)cc1. The average molecular weight is 399 g/mol. The summed E-state index contributed by atoms with van der Waals surface area (Å²) in [6.07, 6.45) is 9.11. The molecule has 2 N–H and O–H groups in total. The highest BCUT2D eigenvalue weighted by Crippen LogP contribution is 2.29. The predicted octanol–water partition coefficient (Wildman–Crippen LogP) is 2.06. The zero-order chi connectivity index (χ0) is 20.6. The van der Waals surface area contributed by atoms with Gasteiger partial charge >= 0.3 is 11.8 Å². The number of anilines is 1. The van der Waals surface area contributed by atoms with Crippen LogP contribution in [0.4, 0.5) is 5.69 Å². The third-order valence-electron chi connectivity index (χ3n) is 5.04. The first kappa shape index (κ1) is 20.9. The van der Waals surface area contributed by atoms with Crippen molar-refractivity contribution < 1.29 is 14.3 Å². The van der Waals surface area contributed by atoms with Crippen LogP contribution >= 0.6 is 0 Å². The van der Waals surface area contributed by atoms with E-state index in [0.29, 0.717) is 12.3 Å². The van der Waals surface area contributed by atoms with Crippen molar-refractivity contribution in [1.29, 1.82) is 0 Å². The number of ether oxygens (including phenoxy) is 1. The minimum Gasteiger partial charge on any atom is -0.494 e. The normalized spacial score (nSPS) is 18.6. The summed E-state index contributed by atoms with van der Waals surface area (Å²) in [4.78, 5) is 30.8. The standard InChI is InChI=1S/C21H29N5O3/c1-25(2)12-4-14-29-17-9-7-16(8-10-17)23-20(27)21(28)24-18-5-3-6-19(18)26-13-11-22-15-26/h7-11,13,15,18-19H,3-6,12,14H2,1-2H3,(H,23,27)(H,24,28)/t18-,19+/m1/s1. The van der Waals surface area contributed by atoms with Crippen LogP contribution in [0.1, 0.15) is 31.7 Å². The molecule has 0 aliphatic heterocycles. The summed E-state index contributed by atoms with van der Waals surface area (Å²) in [5.41, 5.74) is 0.559. The number of rotatable bonds is 8. The van der Waals surface area contributed by atoms with Gasteiger partial charge in [0.1, 0.15) is 5.75 Å². The minimum atomic E-state index is -0.666. The van der Waals surface area contributed by atoms with Gasteiger partial charge in [0.15, 0.2) is 0 Å². The van der Waals surface area contributed by atoms with E-state index in [4.69, 9.17) is 4.74 Å². The van der Waals surface area contributed by atoms with Crippen molar-refractivity contribution in [2.24, 2.45) is 0 Å². The van der Waals surface area contributed by atoms with Crippen molar-refractivity contribution in [3.05, 3.63) is 43.0 Å². The molecule has 1 aliphatic rings. The van der Waals surface area contributed by atoms with E-state index in [1.807, 2.05) is 24.9 Å². The van der Waals surface area contributed by atoms with E-state index >= 15 is 0 Å². The molecule has 29 heavy (non-hydrogen) atoms. The van der Waals surface area contributed by atoms with Gasteiger partial charge in [0, 0.05) is 24.6 Å². The molecule has 0 bridgehead atoms. The number of carbonyl (C=O) groups is 2. The first-order valence-electron chi connectivity index (χ1n) is 10.00. The van der Waals surface area contributed by atoms with E-state index in [1.165, 1.54) is 0 Å². The molecule has 1 saturated carbocycles. The fourth-order valence-corrected chi connectivity index (χ4v) is 3.56. The Balaban J connectivity index is 1.46. The van der Waals surface area contributed by atoms with E-state index in [2.05, 4.69) is 20.5 Å². The Kier molecular flexibility index (Phi) is 7.24. The van der Waals surface area contributed by atoms with Gasteiger partial charge in [-0.25, -0.2) is 4.98 Å². The molecule has 0 spiro atoms. The summed E-state index contributed by atoms with van der Waals surface area (Å²) in [6, 6.07) is 7.11. The van der Waals surface area contributed by atoms with Crippen LogP contribution in [0.25, 0.3) is 0 Å². The molecule has 0 saturated heterocycles. The van der Waals surface area contributed by atoms with Gasteiger partial charge in [-0.3, -0.25) is 9.59 Å². The smallest absolute Gasteiger partial charge is 0.313 e. The summed E-state index contributed by atoms with van der Waals surface area (Å²) >= 11 is 0. The fourth-order valence-electron chi connectivity index (χ4n) is 3.56. The summed E-state index contributed by atoms with van der Waals surface area (Å²) in [6.45, 7) is 1.59. The monoisotopic (exact) mass is 399 g/mol. The van der Waals surface area contributed by atoms with Crippen molar-refractivity contribution in [1.82, 2.24) is 19.8 Å². The third kappa shape index (κ3) is 6.05. The predicted molar refractivity (Wildman–Crippen MR) is 111 cm³/mol. The second kappa shape index (κ2) is 10.1. The number of amides is 2.